The zero-order chi connectivity index (χ0) is 14.0. The number of nitrogens with two attached hydrogens (primary N) is 1. The number of pyridine rings is 1. The third-order valence-corrected chi connectivity index (χ3v) is 3.21. The Hall–Kier alpha value is -1.81. The van der Waals surface area contributed by atoms with Crippen molar-refractivity contribution < 1.29 is 13.2 Å². The Morgan fingerprint density at radius 3 is 2.79 bits per heavy atom. The van der Waals surface area contributed by atoms with E-state index < -0.39 is 11.9 Å². The summed E-state index contributed by atoms with van der Waals surface area (Å²) in [5, 5.41) is 9.00. The van der Waals surface area contributed by atoms with E-state index in [1.807, 2.05) is 6.07 Å². The number of aromatic nitrogens is 1. The fraction of sp³-hybridized carbons (Fsp3) is 0.500. The fourth-order valence-corrected chi connectivity index (χ4v) is 2.27. The maximum absolute atomic E-state index is 12.7. The molecule has 1 fully saturated rings. The van der Waals surface area contributed by atoms with Crippen molar-refractivity contribution in [3.05, 3.63) is 23.4 Å². The summed E-state index contributed by atoms with van der Waals surface area (Å²) in [6.07, 6.45) is -2.87. The number of hydrogen-bond acceptors (Lipinski definition) is 4. The van der Waals surface area contributed by atoms with Gasteiger partial charge in [0, 0.05) is 19.1 Å². The lowest BCUT2D eigenvalue weighted by Crippen LogP contribution is -2.36. The highest BCUT2D eigenvalue weighted by atomic mass is 19.4. The highest BCUT2D eigenvalue weighted by molar-refractivity contribution is 5.56. The lowest BCUT2D eigenvalue weighted by molar-refractivity contribution is -0.141. The number of hydrogen-bond donors (Lipinski definition) is 1. The summed E-state index contributed by atoms with van der Waals surface area (Å²) in [6.45, 7) is 0.910. The van der Waals surface area contributed by atoms with Crippen LogP contribution >= 0.6 is 0 Å². The van der Waals surface area contributed by atoms with E-state index in [1.165, 1.54) is 0 Å². The first-order valence-electron chi connectivity index (χ1n) is 5.92. The third kappa shape index (κ3) is 2.63. The molecule has 4 nitrogen and oxygen atoms in total. The largest absolute Gasteiger partial charge is 0.433 e. The van der Waals surface area contributed by atoms with Crippen LogP contribution in [-0.4, -0.2) is 24.1 Å². The molecule has 19 heavy (non-hydrogen) atoms. The van der Waals surface area contributed by atoms with Gasteiger partial charge in [0.15, 0.2) is 0 Å². The normalized spacial score (nSPS) is 19.5. The van der Waals surface area contributed by atoms with Gasteiger partial charge in [0.25, 0.3) is 0 Å². The van der Waals surface area contributed by atoms with Crippen molar-refractivity contribution in [2.75, 3.05) is 18.0 Å². The Balaban J connectivity index is 2.45. The molecule has 1 atom stereocenters. The SMILES string of the molecule is N#Cc1ccc(C(F)(F)F)nc1N1CCCC1CN. The number of nitriles is 1. The average Bonchev–Trinajstić information content (AvgIpc) is 2.85. The Kier molecular flexibility index (Phi) is 3.62. The molecule has 1 aliphatic heterocycles. The van der Waals surface area contributed by atoms with E-state index in [9.17, 15) is 13.2 Å². The van der Waals surface area contributed by atoms with Gasteiger partial charge < -0.3 is 10.6 Å². The maximum Gasteiger partial charge on any atom is 0.433 e. The Labute approximate surface area is 108 Å². The topological polar surface area (TPSA) is 65.9 Å². The van der Waals surface area contributed by atoms with Crippen molar-refractivity contribution in [2.45, 2.75) is 25.1 Å². The van der Waals surface area contributed by atoms with Crippen LogP contribution in [0.4, 0.5) is 19.0 Å². The van der Waals surface area contributed by atoms with Gasteiger partial charge in [-0.1, -0.05) is 0 Å². The van der Waals surface area contributed by atoms with E-state index in [-0.39, 0.29) is 17.4 Å². The molecule has 2 N–H and O–H groups in total. The summed E-state index contributed by atoms with van der Waals surface area (Å²) in [6, 6.07) is 3.82. The lowest BCUT2D eigenvalue weighted by Gasteiger charge is -2.26. The van der Waals surface area contributed by atoms with Crippen LogP contribution < -0.4 is 10.6 Å². The molecule has 1 unspecified atom stereocenters. The second-order valence-corrected chi connectivity index (χ2v) is 4.40. The van der Waals surface area contributed by atoms with Gasteiger partial charge in [-0.25, -0.2) is 4.98 Å². The highest BCUT2D eigenvalue weighted by Gasteiger charge is 2.35. The average molecular weight is 270 g/mol. The van der Waals surface area contributed by atoms with Crippen molar-refractivity contribution in [2.24, 2.45) is 5.73 Å². The zero-order valence-corrected chi connectivity index (χ0v) is 10.1. The van der Waals surface area contributed by atoms with Gasteiger partial charge in [-0.15, -0.1) is 0 Å². The second kappa shape index (κ2) is 5.05. The first-order valence-corrected chi connectivity index (χ1v) is 5.92. The van der Waals surface area contributed by atoms with Crippen LogP contribution in [0.3, 0.4) is 0 Å². The Bertz CT molecular complexity index is 507. The molecule has 0 bridgehead atoms. The molecule has 0 spiro atoms. The molecule has 0 aliphatic carbocycles. The molecule has 1 saturated heterocycles. The summed E-state index contributed by atoms with van der Waals surface area (Å²) >= 11 is 0. The van der Waals surface area contributed by atoms with E-state index in [1.54, 1.807) is 4.90 Å². The van der Waals surface area contributed by atoms with E-state index in [2.05, 4.69) is 4.98 Å². The van der Waals surface area contributed by atoms with Gasteiger partial charge in [-0.05, 0) is 25.0 Å². The first kappa shape index (κ1) is 13.6. The monoisotopic (exact) mass is 270 g/mol. The minimum Gasteiger partial charge on any atom is -0.351 e. The quantitative estimate of drug-likeness (QED) is 0.891. The van der Waals surface area contributed by atoms with Gasteiger partial charge in [0.2, 0.25) is 0 Å². The number of anilines is 1. The van der Waals surface area contributed by atoms with Gasteiger partial charge in [0.05, 0.1) is 5.56 Å². The van der Waals surface area contributed by atoms with Crippen LogP contribution in [0.1, 0.15) is 24.1 Å². The smallest absolute Gasteiger partial charge is 0.351 e. The van der Waals surface area contributed by atoms with Crippen LogP contribution in [0.2, 0.25) is 0 Å². The molecule has 1 aromatic rings. The molecule has 2 heterocycles. The standard InChI is InChI=1S/C12H13F3N4/c13-12(14,15)10-4-3-8(6-16)11(18-10)19-5-1-2-9(19)7-17/h3-4,9H,1-2,5,7,17H2. The number of halogens is 3. The molecular formula is C12H13F3N4. The van der Waals surface area contributed by atoms with E-state index in [4.69, 9.17) is 11.0 Å². The molecule has 1 aliphatic rings. The predicted molar refractivity (Wildman–Crippen MR) is 63.4 cm³/mol. The van der Waals surface area contributed by atoms with Crippen molar-refractivity contribution in [3.8, 4) is 6.07 Å². The van der Waals surface area contributed by atoms with Crippen LogP contribution in [-0.2, 0) is 6.18 Å². The molecule has 0 saturated carbocycles. The highest BCUT2D eigenvalue weighted by Crippen LogP contribution is 2.32. The van der Waals surface area contributed by atoms with Crippen LogP contribution in [0.25, 0.3) is 0 Å². The predicted octanol–water partition coefficient (Wildman–Crippen LogP) is 1.90. The molecule has 1 aromatic heterocycles. The summed E-state index contributed by atoms with van der Waals surface area (Å²) < 4.78 is 38.0. The number of rotatable bonds is 2. The lowest BCUT2D eigenvalue weighted by atomic mass is 10.2. The number of alkyl halides is 3. The fourth-order valence-electron chi connectivity index (χ4n) is 2.27. The number of nitrogens with zero attached hydrogens (tertiary/aromatic N) is 3. The van der Waals surface area contributed by atoms with Crippen LogP contribution in [0, 0.1) is 11.3 Å². The summed E-state index contributed by atoms with van der Waals surface area (Å²) in [5.41, 5.74) is 4.77. The van der Waals surface area contributed by atoms with Crippen molar-refractivity contribution >= 4 is 5.82 Å². The van der Waals surface area contributed by atoms with Crippen LogP contribution in [0.15, 0.2) is 12.1 Å². The van der Waals surface area contributed by atoms with Gasteiger partial charge in [0.1, 0.15) is 17.6 Å². The first-order chi connectivity index (χ1) is 8.97. The summed E-state index contributed by atoms with van der Waals surface area (Å²) in [7, 11) is 0. The second-order valence-electron chi connectivity index (χ2n) is 4.40. The zero-order valence-electron chi connectivity index (χ0n) is 10.1. The molecule has 7 heteroatoms. The molecule has 2 rings (SSSR count). The maximum atomic E-state index is 12.7. The molecular weight excluding hydrogens is 257 g/mol. The van der Waals surface area contributed by atoms with E-state index in [0.29, 0.717) is 13.1 Å². The Morgan fingerprint density at radius 1 is 1.47 bits per heavy atom. The van der Waals surface area contributed by atoms with Gasteiger partial charge >= 0.3 is 6.18 Å². The molecule has 102 valence electrons. The van der Waals surface area contributed by atoms with Crippen molar-refractivity contribution in [3.63, 3.8) is 0 Å². The molecule has 0 radical (unpaired) electrons. The minimum atomic E-state index is -4.51. The Morgan fingerprint density at radius 2 is 2.21 bits per heavy atom. The van der Waals surface area contributed by atoms with E-state index in [0.717, 1.165) is 25.0 Å². The molecule has 0 aromatic carbocycles. The van der Waals surface area contributed by atoms with Gasteiger partial charge in [-0.3, -0.25) is 0 Å². The molecule has 0 amide bonds. The van der Waals surface area contributed by atoms with Crippen LogP contribution in [0.5, 0.6) is 0 Å². The summed E-state index contributed by atoms with van der Waals surface area (Å²) in [5.74, 6) is 0.0882. The third-order valence-electron chi connectivity index (χ3n) is 3.21. The van der Waals surface area contributed by atoms with E-state index >= 15 is 0 Å². The summed E-state index contributed by atoms with van der Waals surface area (Å²) in [4.78, 5) is 5.32. The van der Waals surface area contributed by atoms with Crippen molar-refractivity contribution in [1.82, 2.24) is 4.98 Å². The minimum absolute atomic E-state index is 0.0527. The van der Waals surface area contributed by atoms with Crippen molar-refractivity contribution in [1.29, 1.82) is 5.26 Å². The van der Waals surface area contributed by atoms with Gasteiger partial charge in [-0.2, -0.15) is 18.4 Å².